The molecular formula is C27H49PSn. The van der Waals surface area contributed by atoms with E-state index < -0.39 is 17.8 Å². The second kappa shape index (κ2) is 15.1. The van der Waals surface area contributed by atoms with Crippen LogP contribution in [0.25, 0.3) is 6.08 Å². The third-order valence-electron chi connectivity index (χ3n) is 6.34. The topological polar surface area (TPSA) is 0 Å². The van der Waals surface area contributed by atoms with Crippen molar-refractivity contribution < 1.29 is 0 Å². The molecular weight excluding hydrogens is 474 g/mol. The molecule has 166 valence electrons. The van der Waals surface area contributed by atoms with Crippen LogP contribution in [-0.4, -0.2) is 29.1 Å². The van der Waals surface area contributed by atoms with Crippen LogP contribution in [0.2, 0.25) is 13.3 Å². The first-order chi connectivity index (χ1) is 13.9. The van der Waals surface area contributed by atoms with Gasteiger partial charge in [0.05, 0.1) is 0 Å². The minimum atomic E-state index is -1.93. The summed E-state index contributed by atoms with van der Waals surface area (Å²) in [5.41, 5.74) is 5.15. The molecule has 29 heavy (non-hydrogen) atoms. The van der Waals surface area contributed by atoms with Gasteiger partial charge in [-0.25, -0.2) is 0 Å². The summed E-state index contributed by atoms with van der Waals surface area (Å²) in [6, 6.07) is 8.49. The molecule has 1 aromatic carbocycles. The molecule has 0 radical (unpaired) electrons. The molecule has 0 saturated heterocycles. The summed E-state index contributed by atoms with van der Waals surface area (Å²) in [4.78, 5) is 0. The molecule has 0 N–H and O–H groups in total. The molecule has 1 aliphatic rings. The van der Waals surface area contributed by atoms with Crippen LogP contribution in [0.3, 0.4) is 0 Å². The standard InChI is InChI=1S/C9H8.C6H14P.3C4H9.Sn/c1-2-5-9-7-3-6-8(9)4-1;1-5(2)7-6(3)4;3*1-3-4-2;/h1-6H,7H2;5-6H,1-4H3;3*1,3-4H2,2H3;/q;-1;;;;+1. The molecule has 0 aliphatic heterocycles. The molecule has 0 fully saturated rings. The maximum atomic E-state index is 2.54. The third kappa shape index (κ3) is 9.06. The molecule has 0 nitrogen and oxygen atoms in total. The number of fused-ring (bicyclic) bond motifs is 1. The molecule has 1 aromatic rings. The average molecular weight is 523 g/mol. The molecule has 0 heterocycles. The van der Waals surface area contributed by atoms with Crippen molar-refractivity contribution in [2.24, 2.45) is 0 Å². The van der Waals surface area contributed by atoms with Gasteiger partial charge in [0.2, 0.25) is 0 Å². The second-order valence-corrected chi connectivity index (χ2v) is 34.4. The van der Waals surface area contributed by atoms with Crippen LogP contribution in [0, 0.1) is 0 Å². The van der Waals surface area contributed by atoms with Gasteiger partial charge in [0.1, 0.15) is 0 Å². The van der Waals surface area contributed by atoms with Crippen LogP contribution in [-0.2, 0) is 6.42 Å². The predicted molar refractivity (Wildman–Crippen MR) is 141 cm³/mol. The first-order valence-electron chi connectivity index (χ1n) is 12.4. The van der Waals surface area contributed by atoms with Gasteiger partial charge < -0.3 is 0 Å². The second-order valence-electron chi connectivity index (χ2n) is 9.44. The van der Waals surface area contributed by atoms with E-state index in [2.05, 4.69) is 84.9 Å². The summed E-state index contributed by atoms with van der Waals surface area (Å²) in [6.45, 7) is 17.3. The molecule has 0 unspecified atom stereocenters. The molecule has 0 bridgehead atoms. The first kappa shape index (κ1) is 27.2. The molecule has 0 amide bonds. The summed E-state index contributed by atoms with van der Waals surface area (Å²) in [6.07, 6.45) is 14.3. The predicted octanol–water partition coefficient (Wildman–Crippen LogP) is 9.89. The van der Waals surface area contributed by atoms with E-state index in [4.69, 9.17) is 0 Å². The Bertz CT molecular complexity index is 546. The molecule has 2 heteroatoms. The number of benzene rings is 1. The Morgan fingerprint density at radius 3 is 1.69 bits per heavy atom. The van der Waals surface area contributed by atoms with E-state index in [1.54, 1.807) is 13.3 Å². The van der Waals surface area contributed by atoms with Crippen LogP contribution in [0.5, 0.6) is 0 Å². The van der Waals surface area contributed by atoms with Gasteiger partial charge in [-0.2, -0.15) is 0 Å². The first-order valence-corrected chi connectivity index (χ1v) is 23.8. The molecule has 0 atom stereocenters. The van der Waals surface area contributed by atoms with E-state index in [-0.39, 0.29) is 0 Å². The number of allylic oxidation sites excluding steroid dienone is 1. The Kier molecular flexibility index (Phi) is 14.1. The number of unbranched alkanes of at least 4 members (excludes halogenated alkanes) is 3. The van der Waals surface area contributed by atoms with E-state index in [1.807, 2.05) is 0 Å². The Morgan fingerprint density at radius 1 is 0.793 bits per heavy atom. The van der Waals surface area contributed by atoms with Crippen LogP contribution in [0.1, 0.15) is 98.1 Å². The van der Waals surface area contributed by atoms with Gasteiger partial charge in [0.15, 0.2) is 0 Å². The summed E-state index contributed by atoms with van der Waals surface area (Å²) in [5, 5.41) is 0. The van der Waals surface area contributed by atoms with Gasteiger partial charge in [0.25, 0.3) is 0 Å². The SMILES string of the molecule is C1=Cc2ccccc2C1.CCC[CH2][Sn]([CH2]CCC)([CH2]CCC)[P](C(C)C)C(C)C. The monoisotopic (exact) mass is 524 g/mol. The molecule has 1 aliphatic carbocycles. The Labute approximate surface area is 188 Å². The van der Waals surface area contributed by atoms with E-state index in [0.29, 0.717) is 5.57 Å². The summed E-state index contributed by atoms with van der Waals surface area (Å²) >= 11 is -1.93. The normalized spacial score (nSPS) is 13.2. The Balaban J connectivity index is 0.000000379. The Morgan fingerprint density at radius 2 is 1.28 bits per heavy atom. The van der Waals surface area contributed by atoms with E-state index in [1.165, 1.54) is 49.7 Å². The van der Waals surface area contributed by atoms with Crippen molar-refractivity contribution in [3.8, 4) is 0 Å². The van der Waals surface area contributed by atoms with Gasteiger partial charge in [-0.15, -0.1) is 0 Å². The van der Waals surface area contributed by atoms with E-state index in [9.17, 15) is 0 Å². The fourth-order valence-electron chi connectivity index (χ4n) is 5.17. The summed E-state index contributed by atoms with van der Waals surface area (Å²) in [7, 11) is 0. The fourth-order valence-corrected chi connectivity index (χ4v) is 48.7. The average Bonchev–Trinajstić information content (AvgIpc) is 3.17. The zero-order valence-electron chi connectivity index (χ0n) is 20.6. The van der Waals surface area contributed by atoms with E-state index >= 15 is 0 Å². The zero-order chi connectivity index (χ0) is 21.7. The fraction of sp³-hybridized carbons (Fsp3) is 0.704. The Hall–Kier alpha value is 0.189. The van der Waals surface area contributed by atoms with Crippen molar-refractivity contribution >= 4 is 29.5 Å². The van der Waals surface area contributed by atoms with Crippen LogP contribution < -0.4 is 0 Å². The van der Waals surface area contributed by atoms with Gasteiger partial charge in [0, 0.05) is 0 Å². The minimum absolute atomic E-state index is 0.349. The number of hydrogen-bond acceptors (Lipinski definition) is 0. The van der Waals surface area contributed by atoms with Crippen molar-refractivity contribution in [2.45, 2.75) is 118 Å². The third-order valence-corrected chi connectivity index (χ3v) is 43.4. The van der Waals surface area contributed by atoms with Crippen LogP contribution in [0.4, 0.5) is 0 Å². The quantitative estimate of drug-likeness (QED) is 0.189. The van der Waals surface area contributed by atoms with Crippen molar-refractivity contribution in [3.63, 3.8) is 0 Å². The number of rotatable bonds is 12. The van der Waals surface area contributed by atoms with E-state index in [0.717, 1.165) is 17.7 Å². The molecule has 2 rings (SSSR count). The summed E-state index contributed by atoms with van der Waals surface area (Å²) in [5.74, 6) is 0. The number of hydrogen-bond donors (Lipinski definition) is 0. The van der Waals surface area contributed by atoms with Gasteiger partial charge in [-0.3, -0.25) is 0 Å². The molecule has 0 saturated carbocycles. The van der Waals surface area contributed by atoms with Gasteiger partial charge >= 0.3 is 135 Å². The maximum absolute atomic E-state index is 2.54. The van der Waals surface area contributed by atoms with Crippen LogP contribution in [0.15, 0.2) is 30.3 Å². The van der Waals surface area contributed by atoms with Crippen molar-refractivity contribution in [2.75, 3.05) is 0 Å². The zero-order valence-corrected chi connectivity index (χ0v) is 24.4. The van der Waals surface area contributed by atoms with Gasteiger partial charge in [-0.1, -0.05) is 36.4 Å². The van der Waals surface area contributed by atoms with Crippen LogP contribution >= 0.6 is 5.57 Å². The van der Waals surface area contributed by atoms with Crippen molar-refractivity contribution in [1.82, 2.24) is 0 Å². The van der Waals surface area contributed by atoms with Crippen molar-refractivity contribution in [3.05, 3.63) is 41.5 Å². The molecule has 0 spiro atoms. The van der Waals surface area contributed by atoms with Gasteiger partial charge in [-0.05, 0) is 17.5 Å². The molecule has 0 aromatic heterocycles. The van der Waals surface area contributed by atoms with Crippen molar-refractivity contribution in [1.29, 1.82) is 0 Å². The summed E-state index contributed by atoms with van der Waals surface area (Å²) < 4.78 is 5.10.